The molecule has 3 aromatic carbocycles. The number of carbonyl (C=O) groups is 2. The lowest BCUT2D eigenvalue weighted by molar-refractivity contribution is 0.0600. The van der Waals surface area contributed by atoms with Gasteiger partial charge in [-0.15, -0.1) is 0 Å². The first-order valence-corrected chi connectivity index (χ1v) is 11.7. The lowest BCUT2D eigenvalue weighted by Crippen LogP contribution is -2.29. The van der Waals surface area contributed by atoms with E-state index in [1.54, 1.807) is 42.5 Å². The normalized spacial score (nSPS) is 11.0. The summed E-state index contributed by atoms with van der Waals surface area (Å²) < 4.78 is 30.7. The number of sulfonamides is 1. The van der Waals surface area contributed by atoms with Gasteiger partial charge < -0.3 is 10.1 Å². The Balaban J connectivity index is 1.81. The maximum absolute atomic E-state index is 12.7. The summed E-state index contributed by atoms with van der Waals surface area (Å²) in [5.74, 6) is -0.875. The maximum Gasteiger partial charge on any atom is 0.337 e. The number of carbonyl (C=O) groups excluding carboxylic acids is 2. The van der Waals surface area contributed by atoms with Crippen LogP contribution in [0.25, 0.3) is 0 Å². The summed E-state index contributed by atoms with van der Waals surface area (Å²) >= 11 is 0. The van der Waals surface area contributed by atoms with E-state index in [4.69, 9.17) is 4.74 Å². The SMILES string of the molecule is COC(=O)c1ccc(C)c(NC(=O)c2ccc(N(Cc3ccccc3)S(C)(=O)=O)cc2)c1. The summed E-state index contributed by atoms with van der Waals surface area (Å²) in [5.41, 5.74) is 3.26. The number of methoxy groups -OCH3 is 1. The van der Waals surface area contributed by atoms with Gasteiger partial charge in [-0.05, 0) is 54.4 Å². The molecule has 7 nitrogen and oxygen atoms in total. The van der Waals surface area contributed by atoms with Crippen molar-refractivity contribution in [2.24, 2.45) is 0 Å². The number of aryl methyl sites for hydroxylation is 1. The Kier molecular flexibility index (Phi) is 6.95. The standard InChI is InChI=1S/C24H24N2O5S/c1-17-9-10-20(24(28)31-2)15-22(17)25-23(27)19-11-13-21(14-12-19)26(32(3,29)30)16-18-7-5-4-6-8-18/h4-15H,16H2,1-3H3,(H,25,27). The van der Waals surface area contributed by atoms with E-state index in [0.29, 0.717) is 22.5 Å². The van der Waals surface area contributed by atoms with Crippen molar-refractivity contribution in [3.8, 4) is 0 Å². The third-order valence-electron chi connectivity index (χ3n) is 4.89. The lowest BCUT2D eigenvalue weighted by Gasteiger charge is -2.22. The van der Waals surface area contributed by atoms with Crippen LogP contribution >= 0.6 is 0 Å². The minimum absolute atomic E-state index is 0.185. The molecule has 3 aromatic rings. The summed E-state index contributed by atoms with van der Waals surface area (Å²) in [4.78, 5) is 24.5. The van der Waals surface area contributed by atoms with Crippen LogP contribution in [-0.2, 0) is 21.3 Å². The number of rotatable bonds is 7. The zero-order chi connectivity index (χ0) is 23.3. The van der Waals surface area contributed by atoms with Crippen LogP contribution in [0.5, 0.6) is 0 Å². The van der Waals surface area contributed by atoms with Crippen LogP contribution in [-0.4, -0.2) is 33.7 Å². The molecule has 1 amide bonds. The predicted octanol–water partition coefficient (Wildman–Crippen LogP) is 4.00. The summed E-state index contributed by atoms with van der Waals surface area (Å²) in [7, 11) is -2.24. The Bertz CT molecular complexity index is 1220. The maximum atomic E-state index is 12.7. The number of anilines is 2. The van der Waals surface area contributed by atoms with Crippen LogP contribution in [0.15, 0.2) is 72.8 Å². The zero-order valence-corrected chi connectivity index (χ0v) is 18.8. The van der Waals surface area contributed by atoms with Crippen molar-refractivity contribution < 1.29 is 22.7 Å². The number of hydrogen-bond donors (Lipinski definition) is 1. The first-order chi connectivity index (χ1) is 15.2. The van der Waals surface area contributed by atoms with Gasteiger partial charge in [0.2, 0.25) is 10.0 Å². The molecule has 166 valence electrons. The number of nitrogens with zero attached hydrogens (tertiary/aromatic N) is 1. The molecule has 32 heavy (non-hydrogen) atoms. The molecule has 0 atom stereocenters. The van der Waals surface area contributed by atoms with E-state index < -0.39 is 16.0 Å². The van der Waals surface area contributed by atoms with Crippen LogP contribution in [0.3, 0.4) is 0 Å². The molecule has 0 saturated heterocycles. The number of ether oxygens (including phenoxy) is 1. The monoisotopic (exact) mass is 452 g/mol. The topological polar surface area (TPSA) is 92.8 Å². The number of hydrogen-bond acceptors (Lipinski definition) is 5. The second-order valence-corrected chi connectivity index (χ2v) is 9.18. The van der Waals surface area contributed by atoms with Crippen LogP contribution < -0.4 is 9.62 Å². The van der Waals surface area contributed by atoms with E-state index in [1.165, 1.54) is 11.4 Å². The number of amides is 1. The van der Waals surface area contributed by atoms with Crippen LogP contribution in [0.2, 0.25) is 0 Å². The van der Waals surface area contributed by atoms with Crippen molar-refractivity contribution in [2.75, 3.05) is 23.0 Å². The molecular weight excluding hydrogens is 428 g/mol. The van der Waals surface area contributed by atoms with Gasteiger partial charge in [-0.2, -0.15) is 0 Å². The van der Waals surface area contributed by atoms with Crippen LogP contribution in [0, 0.1) is 6.92 Å². The smallest absolute Gasteiger partial charge is 0.337 e. The number of esters is 1. The molecule has 8 heteroatoms. The van der Waals surface area contributed by atoms with Gasteiger partial charge in [0.25, 0.3) is 5.91 Å². The molecule has 1 N–H and O–H groups in total. The quantitative estimate of drug-likeness (QED) is 0.547. The minimum atomic E-state index is -3.53. The summed E-state index contributed by atoms with van der Waals surface area (Å²) in [6.45, 7) is 2.00. The molecule has 0 aliphatic rings. The van der Waals surface area contributed by atoms with Gasteiger partial charge in [0.1, 0.15) is 0 Å². The molecule has 0 aromatic heterocycles. The van der Waals surface area contributed by atoms with Crippen molar-refractivity contribution in [2.45, 2.75) is 13.5 Å². The molecule has 0 aliphatic carbocycles. The predicted molar refractivity (Wildman–Crippen MR) is 124 cm³/mol. The highest BCUT2D eigenvalue weighted by atomic mass is 32.2. The van der Waals surface area contributed by atoms with Crippen molar-refractivity contribution in [1.82, 2.24) is 0 Å². The molecule has 0 radical (unpaired) electrons. The van der Waals surface area contributed by atoms with Gasteiger partial charge in [-0.25, -0.2) is 13.2 Å². The second kappa shape index (κ2) is 9.65. The summed E-state index contributed by atoms with van der Waals surface area (Å²) in [6.07, 6.45) is 1.15. The van der Waals surface area contributed by atoms with E-state index in [9.17, 15) is 18.0 Å². The molecule has 0 bridgehead atoms. The van der Waals surface area contributed by atoms with E-state index >= 15 is 0 Å². The first-order valence-electron chi connectivity index (χ1n) is 9.81. The van der Waals surface area contributed by atoms with Gasteiger partial charge in [0, 0.05) is 11.3 Å². The van der Waals surface area contributed by atoms with Crippen molar-refractivity contribution in [1.29, 1.82) is 0 Å². The Morgan fingerprint density at radius 1 is 0.938 bits per heavy atom. The number of nitrogens with one attached hydrogen (secondary N) is 1. The van der Waals surface area contributed by atoms with E-state index in [1.807, 2.05) is 37.3 Å². The molecule has 0 spiro atoms. The summed E-state index contributed by atoms with van der Waals surface area (Å²) in [5, 5.41) is 2.79. The molecule has 0 unspecified atom stereocenters. The van der Waals surface area contributed by atoms with Crippen molar-refractivity contribution >= 4 is 33.3 Å². The van der Waals surface area contributed by atoms with E-state index in [-0.39, 0.29) is 12.5 Å². The highest BCUT2D eigenvalue weighted by Crippen LogP contribution is 2.23. The largest absolute Gasteiger partial charge is 0.465 e. The Morgan fingerprint density at radius 3 is 2.16 bits per heavy atom. The second-order valence-electron chi connectivity index (χ2n) is 7.28. The average molecular weight is 453 g/mol. The fraction of sp³-hybridized carbons (Fsp3) is 0.167. The Labute approximate surface area is 187 Å². The highest BCUT2D eigenvalue weighted by Gasteiger charge is 2.19. The van der Waals surface area contributed by atoms with Gasteiger partial charge in [-0.3, -0.25) is 9.10 Å². The lowest BCUT2D eigenvalue weighted by atomic mass is 10.1. The van der Waals surface area contributed by atoms with Gasteiger partial charge in [-0.1, -0.05) is 36.4 Å². The highest BCUT2D eigenvalue weighted by molar-refractivity contribution is 7.92. The number of benzene rings is 3. The molecule has 0 aliphatic heterocycles. The average Bonchev–Trinajstić information content (AvgIpc) is 2.78. The fourth-order valence-corrected chi connectivity index (χ4v) is 4.01. The Morgan fingerprint density at radius 2 is 1.56 bits per heavy atom. The van der Waals surface area contributed by atoms with Gasteiger partial charge in [0.15, 0.2) is 0 Å². The first kappa shape index (κ1) is 23.0. The van der Waals surface area contributed by atoms with Gasteiger partial charge >= 0.3 is 5.97 Å². The van der Waals surface area contributed by atoms with E-state index in [0.717, 1.165) is 17.4 Å². The van der Waals surface area contributed by atoms with Crippen LogP contribution in [0.4, 0.5) is 11.4 Å². The van der Waals surface area contributed by atoms with Crippen molar-refractivity contribution in [3.63, 3.8) is 0 Å². The molecule has 0 saturated carbocycles. The van der Waals surface area contributed by atoms with Crippen LogP contribution in [0.1, 0.15) is 31.8 Å². The van der Waals surface area contributed by atoms with Crippen molar-refractivity contribution in [3.05, 3.63) is 95.1 Å². The molecular formula is C24H24N2O5S. The summed E-state index contributed by atoms with van der Waals surface area (Å²) in [6, 6.07) is 20.5. The third kappa shape index (κ3) is 5.53. The van der Waals surface area contributed by atoms with E-state index in [2.05, 4.69) is 5.32 Å². The molecule has 0 heterocycles. The third-order valence-corrected chi connectivity index (χ3v) is 6.03. The Hall–Kier alpha value is -3.65. The fourth-order valence-electron chi connectivity index (χ4n) is 3.12. The zero-order valence-electron chi connectivity index (χ0n) is 18.0. The molecule has 0 fully saturated rings. The minimum Gasteiger partial charge on any atom is -0.465 e. The molecule has 3 rings (SSSR count). The van der Waals surface area contributed by atoms with Gasteiger partial charge in [0.05, 0.1) is 31.2 Å².